The van der Waals surface area contributed by atoms with Gasteiger partial charge in [-0.25, -0.2) is 0 Å². The second kappa shape index (κ2) is 5.03. The first-order valence-corrected chi connectivity index (χ1v) is 6.72. The highest BCUT2D eigenvalue weighted by Gasteiger charge is 2.22. The lowest BCUT2D eigenvalue weighted by Gasteiger charge is -2.24. The normalized spacial score (nSPS) is 12.8. The Kier molecular flexibility index (Phi) is 3.63. The number of aliphatic carboxylic acids is 1. The number of H-pyrrole nitrogens is 1. The van der Waals surface area contributed by atoms with Crippen molar-refractivity contribution >= 4 is 29.5 Å². The number of rotatable bonds is 4. The highest BCUT2D eigenvalue weighted by molar-refractivity contribution is 7.71. The van der Waals surface area contributed by atoms with Crippen molar-refractivity contribution in [2.24, 2.45) is 5.92 Å². The van der Waals surface area contributed by atoms with Crippen LogP contribution in [0.5, 0.6) is 0 Å². The molecule has 7 heteroatoms. The van der Waals surface area contributed by atoms with Crippen LogP contribution >= 0.6 is 23.6 Å². The molecule has 2 rings (SSSR count). The molecule has 0 saturated heterocycles. The maximum atomic E-state index is 11.3. The summed E-state index contributed by atoms with van der Waals surface area (Å²) in [5, 5.41) is 20.0. The van der Waals surface area contributed by atoms with Crippen molar-refractivity contribution in [2.75, 3.05) is 0 Å². The van der Waals surface area contributed by atoms with E-state index in [-0.39, 0.29) is 5.92 Å². The van der Waals surface area contributed by atoms with Gasteiger partial charge in [-0.3, -0.25) is 9.67 Å². The molecule has 2 heterocycles. The SMILES string of the molecule is CC(C)[C@@H](C(=O)[O-])n1c(-c2cccs2)n[nH]c1=S. The number of aromatic nitrogens is 3. The number of hydrogen-bond acceptors (Lipinski definition) is 5. The molecule has 18 heavy (non-hydrogen) atoms. The molecular formula is C11H12N3O2S2-. The maximum Gasteiger partial charge on any atom is 0.196 e. The lowest BCUT2D eigenvalue weighted by molar-refractivity contribution is -0.311. The average molecular weight is 282 g/mol. The van der Waals surface area contributed by atoms with Gasteiger partial charge >= 0.3 is 0 Å². The molecule has 0 amide bonds. The predicted octanol–water partition coefficient (Wildman–Crippen LogP) is 1.62. The van der Waals surface area contributed by atoms with Crippen LogP contribution < -0.4 is 5.11 Å². The second-order valence-corrected chi connectivity index (χ2v) is 5.54. The minimum Gasteiger partial charge on any atom is -0.548 e. The number of carboxylic acid groups (broad SMARTS) is 1. The first-order valence-electron chi connectivity index (χ1n) is 5.44. The van der Waals surface area contributed by atoms with Crippen molar-refractivity contribution < 1.29 is 9.90 Å². The summed E-state index contributed by atoms with van der Waals surface area (Å²) in [6.07, 6.45) is 0. The van der Waals surface area contributed by atoms with E-state index in [0.29, 0.717) is 10.6 Å². The molecule has 2 aromatic rings. The molecule has 0 aliphatic heterocycles. The molecule has 96 valence electrons. The highest BCUT2D eigenvalue weighted by Crippen LogP contribution is 2.28. The minimum atomic E-state index is -1.15. The molecule has 0 saturated carbocycles. The predicted molar refractivity (Wildman–Crippen MR) is 69.6 cm³/mol. The number of carbonyl (C=O) groups excluding carboxylic acids is 1. The molecule has 2 aromatic heterocycles. The van der Waals surface area contributed by atoms with Crippen LogP contribution in [0.3, 0.4) is 0 Å². The van der Waals surface area contributed by atoms with Crippen LogP contribution in [0.4, 0.5) is 0 Å². The molecule has 0 aromatic carbocycles. The monoisotopic (exact) mass is 282 g/mol. The van der Waals surface area contributed by atoms with Gasteiger partial charge in [0.25, 0.3) is 0 Å². The second-order valence-electron chi connectivity index (χ2n) is 4.21. The van der Waals surface area contributed by atoms with Gasteiger partial charge in [-0.05, 0) is 29.6 Å². The van der Waals surface area contributed by atoms with Crippen LogP contribution in [0.1, 0.15) is 19.9 Å². The van der Waals surface area contributed by atoms with Gasteiger partial charge in [0, 0.05) is 0 Å². The molecular weight excluding hydrogens is 270 g/mol. The van der Waals surface area contributed by atoms with E-state index in [1.807, 2.05) is 31.4 Å². The molecule has 1 atom stereocenters. The van der Waals surface area contributed by atoms with Crippen LogP contribution in [0, 0.1) is 10.7 Å². The van der Waals surface area contributed by atoms with E-state index in [1.165, 1.54) is 15.9 Å². The molecule has 0 aliphatic rings. The van der Waals surface area contributed by atoms with Crippen LogP contribution in [0.25, 0.3) is 10.7 Å². The Bertz CT molecular complexity index is 598. The van der Waals surface area contributed by atoms with Gasteiger partial charge in [0.2, 0.25) is 0 Å². The van der Waals surface area contributed by atoms with E-state index in [9.17, 15) is 9.90 Å². The zero-order valence-corrected chi connectivity index (χ0v) is 11.5. The molecule has 0 spiro atoms. The summed E-state index contributed by atoms with van der Waals surface area (Å²) in [6, 6.07) is 2.93. The van der Waals surface area contributed by atoms with E-state index < -0.39 is 12.0 Å². The van der Waals surface area contributed by atoms with Gasteiger partial charge in [-0.15, -0.1) is 11.3 Å². The molecule has 0 fully saturated rings. The van der Waals surface area contributed by atoms with Crippen LogP contribution in [-0.4, -0.2) is 20.7 Å². The summed E-state index contributed by atoms with van der Waals surface area (Å²) < 4.78 is 1.81. The van der Waals surface area contributed by atoms with Gasteiger partial charge in [0.05, 0.1) is 16.9 Å². The smallest absolute Gasteiger partial charge is 0.196 e. The Morgan fingerprint density at radius 2 is 2.33 bits per heavy atom. The van der Waals surface area contributed by atoms with Crippen molar-refractivity contribution in [3.8, 4) is 10.7 Å². The zero-order chi connectivity index (χ0) is 13.3. The van der Waals surface area contributed by atoms with E-state index >= 15 is 0 Å². The molecule has 0 radical (unpaired) electrons. The van der Waals surface area contributed by atoms with Crippen molar-refractivity contribution in [3.05, 3.63) is 22.3 Å². The van der Waals surface area contributed by atoms with Gasteiger partial charge in [-0.1, -0.05) is 19.9 Å². The van der Waals surface area contributed by atoms with Gasteiger partial charge in [0.1, 0.15) is 0 Å². The van der Waals surface area contributed by atoms with Crippen molar-refractivity contribution in [1.29, 1.82) is 0 Å². The standard InChI is InChI=1S/C11H13N3O2S2/c1-6(2)8(10(15)16)14-9(12-13-11(14)17)7-4-3-5-18-7/h3-6,8H,1-2H3,(H,13,17)(H,15,16)/p-1/t8-/m0/s1. The maximum absolute atomic E-state index is 11.3. The Morgan fingerprint density at radius 3 is 2.83 bits per heavy atom. The van der Waals surface area contributed by atoms with Crippen LogP contribution in [0.2, 0.25) is 0 Å². The highest BCUT2D eigenvalue weighted by atomic mass is 32.1. The third kappa shape index (κ3) is 2.23. The summed E-state index contributed by atoms with van der Waals surface area (Å²) in [6.45, 7) is 3.63. The van der Waals surface area contributed by atoms with Gasteiger partial charge < -0.3 is 9.90 Å². The van der Waals surface area contributed by atoms with Gasteiger partial charge in [0.15, 0.2) is 10.6 Å². The van der Waals surface area contributed by atoms with Gasteiger partial charge in [-0.2, -0.15) is 5.10 Å². The first kappa shape index (κ1) is 13.0. The largest absolute Gasteiger partial charge is 0.548 e. The topological polar surface area (TPSA) is 73.7 Å². The van der Waals surface area contributed by atoms with Crippen LogP contribution in [-0.2, 0) is 4.79 Å². The lowest BCUT2D eigenvalue weighted by Crippen LogP contribution is -2.36. The summed E-state index contributed by atoms with van der Waals surface area (Å²) in [4.78, 5) is 12.2. The molecule has 0 unspecified atom stereocenters. The molecule has 1 N–H and O–H groups in total. The Labute approximate surface area is 113 Å². The number of carbonyl (C=O) groups is 1. The van der Waals surface area contributed by atoms with E-state index in [4.69, 9.17) is 12.2 Å². The number of nitrogens with zero attached hydrogens (tertiary/aromatic N) is 2. The van der Waals surface area contributed by atoms with E-state index in [2.05, 4.69) is 10.2 Å². The number of aromatic amines is 1. The Balaban J connectivity index is 2.60. The molecule has 5 nitrogen and oxygen atoms in total. The third-order valence-corrected chi connectivity index (χ3v) is 3.75. The Morgan fingerprint density at radius 1 is 1.61 bits per heavy atom. The fraction of sp³-hybridized carbons (Fsp3) is 0.364. The first-order chi connectivity index (χ1) is 8.52. The fourth-order valence-electron chi connectivity index (χ4n) is 1.82. The number of carboxylic acids is 1. The minimum absolute atomic E-state index is 0.141. The summed E-state index contributed by atoms with van der Waals surface area (Å²) in [5.74, 6) is -0.754. The number of nitrogens with one attached hydrogen (secondary N) is 1. The summed E-state index contributed by atoms with van der Waals surface area (Å²) in [7, 11) is 0. The molecule has 0 bridgehead atoms. The van der Waals surface area contributed by atoms with E-state index in [0.717, 1.165) is 4.88 Å². The summed E-state index contributed by atoms with van der Waals surface area (Å²) >= 11 is 6.60. The Hall–Kier alpha value is -1.47. The fourth-order valence-corrected chi connectivity index (χ4v) is 2.77. The average Bonchev–Trinajstić information content (AvgIpc) is 2.88. The summed E-state index contributed by atoms with van der Waals surface area (Å²) in [5.41, 5.74) is 0. The number of thiophene rings is 1. The van der Waals surface area contributed by atoms with Crippen LogP contribution in [0.15, 0.2) is 17.5 Å². The molecule has 0 aliphatic carbocycles. The third-order valence-electron chi connectivity index (χ3n) is 2.60. The van der Waals surface area contributed by atoms with Crippen molar-refractivity contribution in [3.63, 3.8) is 0 Å². The van der Waals surface area contributed by atoms with E-state index in [1.54, 1.807) is 0 Å². The number of hydrogen-bond donors (Lipinski definition) is 1. The van der Waals surface area contributed by atoms with Crippen molar-refractivity contribution in [2.45, 2.75) is 19.9 Å². The van der Waals surface area contributed by atoms with Crippen molar-refractivity contribution in [1.82, 2.24) is 14.8 Å². The zero-order valence-electron chi connectivity index (χ0n) is 9.91. The quantitative estimate of drug-likeness (QED) is 0.865. The lowest BCUT2D eigenvalue weighted by atomic mass is 10.0.